The number of halogens is 9. The molecular formula is C75H81F9N8O15. The second-order valence-electron chi connectivity index (χ2n) is 23.6. The zero-order valence-corrected chi connectivity index (χ0v) is 58.7. The second kappa shape index (κ2) is 44.6. The van der Waals surface area contributed by atoms with Gasteiger partial charge in [-0.3, -0.25) is 57.6 Å². The van der Waals surface area contributed by atoms with Gasteiger partial charge in [-0.2, -0.15) is 39.5 Å². The van der Waals surface area contributed by atoms with Crippen LogP contribution in [0.2, 0.25) is 0 Å². The number of aliphatic carboxylic acids is 3. The lowest BCUT2D eigenvalue weighted by Gasteiger charge is -2.16. The summed E-state index contributed by atoms with van der Waals surface area (Å²) < 4.78 is 108. The third kappa shape index (κ3) is 36.8. The van der Waals surface area contributed by atoms with Gasteiger partial charge in [0.1, 0.15) is 6.42 Å². The van der Waals surface area contributed by atoms with Gasteiger partial charge in [-0.1, -0.05) is 149 Å². The first kappa shape index (κ1) is 89.2. The Bertz CT molecular complexity index is 4020. The summed E-state index contributed by atoms with van der Waals surface area (Å²) in [6.45, 7) is 10.7. The molecule has 0 spiro atoms. The number of benzene rings is 5. The number of carboxylic acids is 3. The summed E-state index contributed by atoms with van der Waals surface area (Å²) in [6.07, 6.45) is -1.68. The molecule has 4 heterocycles. The number of rotatable bonds is 18. The fourth-order valence-corrected chi connectivity index (χ4v) is 8.94. The molecule has 0 bridgehead atoms. The zero-order valence-electron chi connectivity index (χ0n) is 58.7. The molecule has 9 N–H and O–H groups in total. The number of imide groups is 1. The van der Waals surface area contributed by atoms with Crippen LogP contribution in [-0.2, 0) is 57.5 Å². The molecule has 5 aromatic carbocycles. The van der Waals surface area contributed by atoms with Crippen LogP contribution in [0.3, 0.4) is 0 Å². The number of carbonyl (C=O) groups is 12. The first-order valence-corrected chi connectivity index (χ1v) is 32.7. The number of carbonyl (C=O) groups excluding carboxylic acids is 9. The summed E-state index contributed by atoms with van der Waals surface area (Å²) in [4.78, 5) is 132. The van der Waals surface area contributed by atoms with Crippen LogP contribution in [0.4, 0.5) is 39.5 Å². The van der Waals surface area contributed by atoms with E-state index >= 15 is 0 Å². The monoisotopic (exact) mass is 1500 g/mol. The van der Waals surface area contributed by atoms with E-state index in [1.54, 1.807) is 52.4 Å². The van der Waals surface area contributed by atoms with E-state index in [-0.39, 0.29) is 62.4 Å². The van der Waals surface area contributed by atoms with Crippen molar-refractivity contribution in [1.29, 1.82) is 0 Å². The molecule has 4 fully saturated rings. The van der Waals surface area contributed by atoms with E-state index in [1.165, 1.54) is 22.1 Å². The van der Waals surface area contributed by atoms with Crippen LogP contribution < -0.4 is 31.9 Å². The molecule has 4 saturated heterocycles. The maximum Gasteiger partial charge on any atom is 0.471 e. The Kier molecular flexibility index (Phi) is 37.2. The Morgan fingerprint density at radius 2 is 0.822 bits per heavy atom. The number of aryl methyl sites for hydroxylation is 5. The molecule has 0 saturated carbocycles. The van der Waals surface area contributed by atoms with Gasteiger partial charge in [0.05, 0.1) is 6.42 Å². The summed E-state index contributed by atoms with van der Waals surface area (Å²) in [6, 6.07) is 38.3. The van der Waals surface area contributed by atoms with E-state index in [0.29, 0.717) is 18.5 Å². The van der Waals surface area contributed by atoms with E-state index in [9.17, 15) is 97.0 Å². The normalized spacial score (nSPS) is 15.0. The largest absolute Gasteiger partial charge is 0.481 e. The molecule has 5 aromatic rings. The summed E-state index contributed by atoms with van der Waals surface area (Å²) in [5.74, 6) is -11.1. The van der Waals surface area contributed by atoms with Crippen molar-refractivity contribution in [3.8, 4) is 0 Å². The van der Waals surface area contributed by atoms with Gasteiger partial charge in [0, 0.05) is 94.2 Å². The van der Waals surface area contributed by atoms with Crippen molar-refractivity contribution in [2.45, 2.75) is 91.7 Å². The molecule has 107 heavy (non-hydrogen) atoms. The lowest BCUT2D eigenvalue weighted by Crippen LogP contribution is -2.42. The Hall–Kier alpha value is -12.0. The molecule has 0 unspecified atom stereocenters. The molecule has 4 aliphatic rings. The van der Waals surface area contributed by atoms with E-state index in [4.69, 9.17) is 15.3 Å². The average Bonchev–Trinajstić information content (AvgIpc) is 1.69. The summed E-state index contributed by atoms with van der Waals surface area (Å²) in [5, 5.41) is 36.6. The van der Waals surface area contributed by atoms with E-state index in [1.807, 2.05) is 131 Å². The van der Waals surface area contributed by atoms with Gasteiger partial charge in [-0.15, -0.1) is 0 Å². The van der Waals surface area contributed by atoms with Gasteiger partial charge in [0.2, 0.25) is 29.5 Å². The number of hydrogen-bond donors (Lipinski definition) is 9. The van der Waals surface area contributed by atoms with Crippen LogP contribution in [0, 0.1) is 34.6 Å². The van der Waals surface area contributed by atoms with Gasteiger partial charge in [-0.25, -0.2) is 4.79 Å². The van der Waals surface area contributed by atoms with Gasteiger partial charge in [0.25, 0.3) is 5.91 Å². The first-order valence-electron chi connectivity index (χ1n) is 32.7. The smallest absolute Gasteiger partial charge is 0.471 e. The molecule has 23 nitrogen and oxygen atoms in total. The highest BCUT2D eigenvalue weighted by molar-refractivity contribution is 6.15. The predicted molar refractivity (Wildman–Crippen MR) is 378 cm³/mol. The third-order valence-corrected chi connectivity index (χ3v) is 14.6. The molecule has 32 heteroatoms. The van der Waals surface area contributed by atoms with Crippen molar-refractivity contribution < 1.29 is 112 Å². The highest BCUT2D eigenvalue weighted by Gasteiger charge is 2.41. The van der Waals surface area contributed by atoms with Crippen molar-refractivity contribution >= 4 is 101 Å². The lowest BCUT2D eigenvalue weighted by atomic mass is 10.1. The van der Waals surface area contributed by atoms with E-state index in [0.717, 1.165) is 93.4 Å². The Morgan fingerprint density at radius 1 is 0.439 bits per heavy atom. The molecule has 0 atom stereocenters. The average molecular weight is 1510 g/mol. The van der Waals surface area contributed by atoms with Crippen LogP contribution >= 0.6 is 0 Å². The number of likely N-dealkylation sites (tertiary alicyclic amines) is 2. The Morgan fingerprint density at radius 3 is 1.18 bits per heavy atom. The lowest BCUT2D eigenvalue weighted by molar-refractivity contribution is -0.173. The van der Waals surface area contributed by atoms with Gasteiger partial charge in [-0.05, 0) is 112 Å². The number of carboxylic acid groups (broad SMARTS) is 3. The van der Waals surface area contributed by atoms with Crippen LogP contribution in [0.25, 0.3) is 30.4 Å². The Balaban J connectivity index is 0.000000337. The zero-order chi connectivity index (χ0) is 80.0. The van der Waals surface area contributed by atoms with Crippen molar-refractivity contribution in [2.24, 2.45) is 0 Å². The standard InChI is InChI=1S/C16H15F3N2O3.C16H17F3N2O2.C14H15F3N2O2.C12H13NO.C10H10O2.C4H7NO.C3H4O4/c1-10-2-4-11(5-3-10)8-12-9-13(22)21(14(12)23)7-6-20-15(24)16(17,18)19;1-11-2-4-12(5-3-11)10-13-6-8-21(14(13)22)9-7-20-15(23)16(17,18)19;1-10-2-4-11(5-3-10)6-7-12(20)18-8-9-19-13(21)14(15,16)17;1-9-2-4-10(5-3-9)8-11-6-7-13-12(11)14;1-8-2-4-9(5-3-8)6-7-10(11)12;6-4-2-1-3-5-4;4-2(5)1-3(6)7/h2-5,8H,6-7,9H2,1H3,(H,20,24);2-5,10H,6-9H2,1H3,(H,20,23);2-7H,8-9H2,1H3,(H,18,20)(H,19,21);2-5,8H,6-7H2,1H3,(H,13,14);2-7H,1H3,(H,11,12);1-3H2,(H,5,6);1H2,(H,4,5)(H,6,7)/b12-8+;13-10+;7-6+;11-8+;7-6+;;. The minimum absolute atomic E-state index is 0.0614. The van der Waals surface area contributed by atoms with Crippen molar-refractivity contribution in [3.05, 3.63) is 206 Å². The molecule has 574 valence electrons. The van der Waals surface area contributed by atoms with Crippen molar-refractivity contribution in [2.75, 3.05) is 58.9 Å². The Labute approximate surface area is 609 Å². The molecule has 0 aromatic heterocycles. The number of alkyl halides is 9. The minimum atomic E-state index is -4.99. The highest BCUT2D eigenvalue weighted by atomic mass is 19.4. The van der Waals surface area contributed by atoms with Crippen LogP contribution in [0.1, 0.15) is 94.2 Å². The van der Waals surface area contributed by atoms with Crippen LogP contribution in [-0.4, -0.2) is 174 Å². The van der Waals surface area contributed by atoms with E-state index in [2.05, 4.69) is 35.0 Å². The summed E-state index contributed by atoms with van der Waals surface area (Å²) in [5.41, 5.74) is 11.9. The second-order valence-corrected chi connectivity index (χ2v) is 23.6. The molecule has 9 amide bonds. The molecule has 0 radical (unpaired) electrons. The van der Waals surface area contributed by atoms with Crippen molar-refractivity contribution in [1.82, 2.24) is 41.7 Å². The third-order valence-electron chi connectivity index (χ3n) is 14.6. The quantitative estimate of drug-likeness (QED) is 0.0130. The molecule has 4 aliphatic heterocycles. The van der Waals surface area contributed by atoms with Crippen LogP contribution in [0.5, 0.6) is 0 Å². The molecule has 9 rings (SSSR count). The number of nitrogens with one attached hydrogen (secondary N) is 6. The topological polar surface area (TPSA) is 344 Å². The summed E-state index contributed by atoms with van der Waals surface area (Å²) >= 11 is 0. The number of hydrogen-bond acceptors (Lipinski definition) is 12. The summed E-state index contributed by atoms with van der Waals surface area (Å²) in [7, 11) is 0. The van der Waals surface area contributed by atoms with Gasteiger partial charge >= 0.3 is 54.2 Å². The first-order chi connectivity index (χ1) is 50.2. The maximum absolute atomic E-state index is 12.2. The number of amides is 9. The predicted octanol–water partition coefficient (Wildman–Crippen LogP) is 9.34. The van der Waals surface area contributed by atoms with Gasteiger partial charge in [0.15, 0.2) is 0 Å². The van der Waals surface area contributed by atoms with Crippen LogP contribution in [0.15, 0.2) is 150 Å². The highest BCUT2D eigenvalue weighted by Crippen LogP contribution is 2.24. The van der Waals surface area contributed by atoms with Gasteiger partial charge < -0.3 is 52.1 Å². The molecular weight excluding hydrogens is 1420 g/mol. The minimum Gasteiger partial charge on any atom is -0.481 e. The number of nitrogens with zero attached hydrogens (tertiary/aromatic N) is 2. The SMILES string of the molecule is Cc1ccc(/C=C/C(=O)NCCNC(=O)C(F)(F)F)cc1.Cc1ccc(/C=C/C(=O)O)cc1.Cc1ccc(/C=C2\CC(=O)N(CCNC(=O)C(F)(F)F)C2=O)cc1.Cc1ccc(/C=C2\CCN(CCNC(=O)C(F)(F)F)C2=O)cc1.Cc1ccc(/C=C2\CCNC2=O)cc1.O=C(O)CC(=O)O.O=C1CCCN1. The van der Waals surface area contributed by atoms with Crippen molar-refractivity contribution in [3.63, 3.8) is 0 Å². The van der Waals surface area contributed by atoms with E-state index < -0.39 is 84.8 Å². The maximum atomic E-state index is 12.2. The molecule has 0 aliphatic carbocycles. The fourth-order valence-electron chi connectivity index (χ4n) is 8.94. The fraction of sp³-hybridized carbons (Fsp3) is 0.307.